The smallest absolute Gasteiger partial charge is 0.129 e. The van der Waals surface area contributed by atoms with E-state index in [1.165, 1.54) is 36.4 Å². The van der Waals surface area contributed by atoms with Crippen molar-refractivity contribution in [3.05, 3.63) is 69.2 Å². The van der Waals surface area contributed by atoms with E-state index < -0.39 is 17.6 Å². The lowest BCUT2D eigenvalue weighted by atomic mass is 9.92. The molecule has 1 atom stereocenters. The highest BCUT2D eigenvalue weighted by Gasteiger charge is 2.21. The minimum Gasteiger partial charge on any atom is -0.207 e. The second kappa shape index (κ2) is 6.21. The van der Waals surface area contributed by atoms with E-state index in [1.807, 2.05) is 6.07 Å². The highest BCUT2D eigenvalue weighted by molar-refractivity contribution is 6.31. The molecule has 1 unspecified atom stereocenters. The van der Waals surface area contributed by atoms with Gasteiger partial charge in [-0.3, -0.25) is 0 Å². The average molecular weight is 312 g/mol. The molecule has 20 heavy (non-hydrogen) atoms. The van der Waals surface area contributed by atoms with Gasteiger partial charge in [0.05, 0.1) is 12.0 Å². The molecule has 0 aromatic heterocycles. The largest absolute Gasteiger partial charge is 0.207 e. The molecule has 0 saturated carbocycles. The topological polar surface area (TPSA) is 23.8 Å². The number of hydrogen-bond acceptors (Lipinski definition) is 1. The van der Waals surface area contributed by atoms with Gasteiger partial charge >= 0.3 is 0 Å². The Labute approximate surface area is 125 Å². The van der Waals surface area contributed by atoms with Crippen molar-refractivity contribution in [3.63, 3.8) is 0 Å². The molecular weight excluding hydrogens is 303 g/mol. The van der Waals surface area contributed by atoms with Crippen LogP contribution in [0.2, 0.25) is 10.0 Å². The van der Waals surface area contributed by atoms with Gasteiger partial charge in [0, 0.05) is 21.2 Å². The van der Waals surface area contributed by atoms with Crippen LogP contribution in [0.5, 0.6) is 0 Å². The van der Waals surface area contributed by atoms with Gasteiger partial charge in [-0.25, -0.2) is 8.78 Å². The van der Waals surface area contributed by atoms with Gasteiger partial charge < -0.3 is 0 Å². The Balaban J connectivity index is 2.43. The van der Waals surface area contributed by atoms with E-state index in [-0.39, 0.29) is 27.6 Å². The van der Waals surface area contributed by atoms with E-state index in [1.54, 1.807) is 0 Å². The molecule has 0 aliphatic heterocycles. The first-order valence-corrected chi connectivity index (χ1v) is 6.56. The predicted octanol–water partition coefficient (Wildman–Crippen LogP) is 5.12. The molecule has 0 saturated heterocycles. The molecule has 102 valence electrons. The van der Waals surface area contributed by atoms with Gasteiger partial charge in [0.25, 0.3) is 0 Å². The first kappa shape index (κ1) is 14.8. The maximum absolute atomic E-state index is 13.8. The molecule has 0 fully saturated rings. The first-order valence-electron chi connectivity index (χ1n) is 5.81. The average Bonchev–Trinajstić information content (AvgIpc) is 2.40. The Morgan fingerprint density at radius 2 is 1.60 bits per heavy atom. The molecule has 2 aromatic carbocycles. The number of rotatable bonds is 3. The molecule has 0 radical (unpaired) electrons. The molecular formula is C15H9Cl2F2N. The molecule has 5 heteroatoms. The second-order valence-corrected chi connectivity index (χ2v) is 5.04. The summed E-state index contributed by atoms with van der Waals surface area (Å²) in [5.74, 6) is -2.01. The fraction of sp³-hybridized carbons (Fsp3) is 0.133. The number of halogens is 4. The number of nitrogens with zero attached hydrogens (tertiary/aromatic N) is 1. The van der Waals surface area contributed by atoms with Gasteiger partial charge in [-0.15, -0.1) is 0 Å². The third kappa shape index (κ3) is 2.92. The fourth-order valence-corrected chi connectivity index (χ4v) is 2.52. The Morgan fingerprint density at radius 3 is 2.15 bits per heavy atom. The van der Waals surface area contributed by atoms with Crippen LogP contribution in [0.4, 0.5) is 8.78 Å². The number of benzene rings is 2. The molecule has 1 nitrogen and oxygen atoms in total. The Hall–Kier alpha value is -1.63. The standard InChI is InChI=1S/C15H9Cl2F2N/c16-11-3-1-5-13(18)10(11)7-9(8-20)15-12(17)4-2-6-14(15)19/h1-6,9H,7H2. The van der Waals surface area contributed by atoms with E-state index in [4.69, 9.17) is 23.2 Å². The number of nitriles is 1. The third-order valence-electron chi connectivity index (χ3n) is 2.97. The van der Waals surface area contributed by atoms with Gasteiger partial charge in [0.15, 0.2) is 0 Å². The molecule has 0 bridgehead atoms. The Morgan fingerprint density at radius 1 is 1.00 bits per heavy atom. The van der Waals surface area contributed by atoms with Crippen molar-refractivity contribution in [1.29, 1.82) is 5.26 Å². The normalized spacial score (nSPS) is 11.9. The van der Waals surface area contributed by atoms with Crippen LogP contribution in [0.15, 0.2) is 36.4 Å². The molecule has 0 heterocycles. The molecule has 0 N–H and O–H groups in total. The fourth-order valence-electron chi connectivity index (χ4n) is 1.99. The van der Waals surface area contributed by atoms with Crippen molar-refractivity contribution in [2.24, 2.45) is 0 Å². The van der Waals surface area contributed by atoms with Crippen molar-refractivity contribution >= 4 is 23.2 Å². The SMILES string of the molecule is N#CC(Cc1c(F)cccc1Cl)c1c(F)cccc1Cl. The maximum atomic E-state index is 13.8. The zero-order valence-electron chi connectivity index (χ0n) is 10.2. The molecule has 0 amide bonds. The van der Waals surface area contributed by atoms with Crippen molar-refractivity contribution in [2.75, 3.05) is 0 Å². The summed E-state index contributed by atoms with van der Waals surface area (Å²) in [6, 6.07) is 10.4. The van der Waals surface area contributed by atoms with E-state index in [9.17, 15) is 14.0 Å². The molecule has 0 spiro atoms. The van der Waals surface area contributed by atoms with E-state index in [2.05, 4.69) is 0 Å². The lowest BCUT2D eigenvalue weighted by Crippen LogP contribution is -2.06. The first-order chi connectivity index (χ1) is 9.54. The molecule has 2 aromatic rings. The Bertz CT molecular complexity index is 640. The van der Waals surface area contributed by atoms with Crippen molar-refractivity contribution in [3.8, 4) is 6.07 Å². The van der Waals surface area contributed by atoms with Crippen molar-refractivity contribution in [1.82, 2.24) is 0 Å². The summed E-state index contributed by atoms with van der Waals surface area (Å²) < 4.78 is 27.6. The van der Waals surface area contributed by atoms with Gasteiger partial charge in [-0.1, -0.05) is 35.3 Å². The molecule has 0 aliphatic carbocycles. The van der Waals surface area contributed by atoms with Crippen LogP contribution < -0.4 is 0 Å². The summed E-state index contributed by atoms with van der Waals surface area (Å²) in [6.45, 7) is 0. The monoisotopic (exact) mass is 311 g/mol. The van der Waals surface area contributed by atoms with Crippen LogP contribution in [-0.2, 0) is 6.42 Å². The predicted molar refractivity (Wildman–Crippen MR) is 74.9 cm³/mol. The lowest BCUT2D eigenvalue weighted by Gasteiger charge is -2.14. The minimum atomic E-state index is -0.905. The van der Waals surface area contributed by atoms with Gasteiger partial charge in [-0.2, -0.15) is 5.26 Å². The summed E-state index contributed by atoms with van der Waals surface area (Å²) in [7, 11) is 0. The number of hydrogen-bond donors (Lipinski definition) is 0. The lowest BCUT2D eigenvalue weighted by molar-refractivity contribution is 0.585. The quantitative estimate of drug-likeness (QED) is 0.771. The van der Waals surface area contributed by atoms with Crippen LogP contribution >= 0.6 is 23.2 Å². The van der Waals surface area contributed by atoms with E-state index in [0.29, 0.717) is 0 Å². The zero-order valence-corrected chi connectivity index (χ0v) is 11.7. The summed E-state index contributed by atoms with van der Waals surface area (Å²) in [4.78, 5) is 0. The van der Waals surface area contributed by atoms with Crippen LogP contribution in [0.25, 0.3) is 0 Å². The Kier molecular flexibility index (Phi) is 4.59. The third-order valence-corrected chi connectivity index (χ3v) is 3.66. The van der Waals surface area contributed by atoms with E-state index >= 15 is 0 Å². The minimum absolute atomic E-state index is 0.0390. The van der Waals surface area contributed by atoms with E-state index in [0.717, 1.165) is 0 Å². The summed E-state index contributed by atoms with van der Waals surface area (Å²) in [5.41, 5.74) is 0.246. The zero-order chi connectivity index (χ0) is 14.7. The van der Waals surface area contributed by atoms with Gasteiger partial charge in [0.2, 0.25) is 0 Å². The molecule has 0 aliphatic rings. The highest BCUT2D eigenvalue weighted by atomic mass is 35.5. The van der Waals surface area contributed by atoms with Crippen LogP contribution in [0, 0.1) is 23.0 Å². The summed E-state index contributed by atoms with van der Waals surface area (Å²) >= 11 is 11.9. The van der Waals surface area contributed by atoms with Crippen LogP contribution in [-0.4, -0.2) is 0 Å². The highest BCUT2D eigenvalue weighted by Crippen LogP contribution is 2.32. The summed E-state index contributed by atoms with van der Waals surface area (Å²) in [5, 5.41) is 9.58. The second-order valence-electron chi connectivity index (χ2n) is 4.22. The van der Waals surface area contributed by atoms with Crippen molar-refractivity contribution < 1.29 is 8.78 Å². The van der Waals surface area contributed by atoms with Crippen LogP contribution in [0.1, 0.15) is 17.0 Å². The maximum Gasteiger partial charge on any atom is 0.129 e. The molecule has 2 rings (SSSR count). The van der Waals surface area contributed by atoms with Gasteiger partial charge in [-0.05, 0) is 30.7 Å². The summed E-state index contributed by atoms with van der Waals surface area (Å²) in [6.07, 6.45) is -0.0390. The van der Waals surface area contributed by atoms with Crippen molar-refractivity contribution in [2.45, 2.75) is 12.3 Å². The van der Waals surface area contributed by atoms with Gasteiger partial charge in [0.1, 0.15) is 11.6 Å². The van der Waals surface area contributed by atoms with Crippen LogP contribution in [0.3, 0.4) is 0 Å².